The first-order valence-corrected chi connectivity index (χ1v) is 5.94. The average molecular weight is 264 g/mol. The third-order valence-electron chi connectivity index (χ3n) is 2.73. The maximum absolute atomic E-state index is 10.3. The van der Waals surface area contributed by atoms with Crippen LogP contribution in [0.4, 0.5) is 0 Å². The minimum absolute atomic E-state index is 0.464. The average Bonchev–Trinajstić information content (AvgIpc) is 2.38. The van der Waals surface area contributed by atoms with Crippen molar-refractivity contribution in [3.05, 3.63) is 58.4 Å². The Bertz CT molecular complexity index is 557. The van der Waals surface area contributed by atoms with Gasteiger partial charge in [0.1, 0.15) is 17.5 Å². The molecule has 0 bridgehead atoms. The summed E-state index contributed by atoms with van der Waals surface area (Å²) in [6.45, 7) is 1.95. The number of methoxy groups -OCH3 is 1. The summed E-state index contributed by atoms with van der Waals surface area (Å²) in [5.41, 5.74) is 2.13. The fourth-order valence-electron chi connectivity index (χ4n) is 1.78. The number of rotatable bonds is 3. The number of aliphatic hydroxyl groups is 1. The molecule has 3 nitrogen and oxygen atoms in total. The van der Waals surface area contributed by atoms with Gasteiger partial charge in [-0.1, -0.05) is 23.7 Å². The lowest BCUT2D eigenvalue weighted by Crippen LogP contribution is -2.05. The fraction of sp³-hybridized carbons (Fsp3) is 0.214. The number of aryl methyl sites for hydroxylation is 1. The van der Waals surface area contributed by atoms with E-state index in [9.17, 15) is 5.11 Å². The van der Waals surface area contributed by atoms with Crippen molar-refractivity contribution in [3.8, 4) is 5.75 Å². The summed E-state index contributed by atoms with van der Waals surface area (Å²) in [6.07, 6.45) is 0.720. The highest BCUT2D eigenvalue weighted by Gasteiger charge is 2.19. The van der Waals surface area contributed by atoms with E-state index in [-0.39, 0.29) is 0 Å². The molecule has 1 N–H and O–H groups in total. The summed E-state index contributed by atoms with van der Waals surface area (Å²) in [6, 6.07) is 9.03. The Balaban J connectivity index is 2.44. The van der Waals surface area contributed by atoms with Crippen molar-refractivity contribution in [3.63, 3.8) is 0 Å². The Hall–Kier alpha value is -1.58. The van der Waals surface area contributed by atoms with E-state index in [0.29, 0.717) is 22.0 Å². The number of ether oxygens (including phenoxy) is 1. The fourth-order valence-corrected chi connectivity index (χ4v) is 2.12. The quantitative estimate of drug-likeness (QED) is 0.925. The topological polar surface area (TPSA) is 42.4 Å². The Morgan fingerprint density at radius 2 is 2.11 bits per heavy atom. The number of halogens is 1. The number of hydrogen-bond donors (Lipinski definition) is 1. The van der Waals surface area contributed by atoms with E-state index in [1.54, 1.807) is 31.5 Å². The molecule has 1 aromatic heterocycles. The van der Waals surface area contributed by atoms with Crippen LogP contribution in [0, 0.1) is 6.92 Å². The molecule has 0 aliphatic carbocycles. The van der Waals surface area contributed by atoms with Crippen LogP contribution in [-0.4, -0.2) is 17.2 Å². The smallest absolute Gasteiger partial charge is 0.143 e. The van der Waals surface area contributed by atoms with Gasteiger partial charge in [-0.3, -0.25) is 4.98 Å². The number of aliphatic hydroxyl groups excluding tert-OH is 1. The normalized spacial score (nSPS) is 12.2. The molecule has 94 valence electrons. The summed E-state index contributed by atoms with van der Waals surface area (Å²) >= 11 is 6.14. The Morgan fingerprint density at radius 1 is 1.33 bits per heavy atom. The Morgan fingerprint density at radius 3 is 2.78 bits per heavy atom. The summed E-state index contributed by atoms with van der Waals surface area (Å²) in [4.78, 5) is 4.16. The zero-order chi connectivity index (χ0) is 13.1. The minimum atomic E-state index is -0.894. The molecule has 0 aliphatic heterocycles. The van der Waals surface area contributed by atoms with E-state index in [0.717, 1.165) is 5.56 Å². The first kappa shape index (κ1) is 12.9. The number of benzene rings is 1. The molecule has 1 heterocycles. The molecule has 0 spiro atoms. The molecule has 0 radical (unpaired) electrons. The second-order valence-corrected chi connectivity index (χ2v) is 4.43. The maximum atomic E-state index is 10.3. The van der Waals surface area contributed by atoms with E-state index >= 15 is 0 Å². The summed E-state index contributed by atoms with van der Waals surface area (Å²) < 4.78 is 5.19. The summed E-state index contributed by atoms with van der Waals surface area (Å²) in [7, 11) is 1.55. The monoisotopic (exact) mass is 263 g/mol. The maximum Gasteiger partial charge on any atom is 0.143 e. The minimum Gasteiger partial charge on any atom is -0.495 e. The van der Waals surface area contributed by atoms with Crippen LogP contribution >= 0.6 is 11.6 Å². The standard InChI is InChI=1S/C14H14ClNO2/c1-9-5-6-10(11(15)8-9)14(17)13-12(18-2)4-3-7-16-13/h3-8,14,17H,1-2H3. The van der Waals surface area contributed by atoms with Crippen molar-refractivity contribution < 1.29 is 9.84 Å². The predicted molar refractivity (Wildman–Crippen MR) is 71.0 cm³/mol. The van der Waals surface area contributed by atoms with Gasteiger partial charge in [-0.05, 0) is 30.7 Å². The zero-order valence-electron chi connectivity index (χ0n) is 10.2. The van der Waals surface area contributed by atoms with Crippen LogP contribution in [0.25, 0.3) is 0 Å². The summed E-state index contributed by atoms with van der Waals surface area (Å²) in [5, 5.41) is 10.9. The van der Waals surface area contributed by atoms with Gasteiger partial charge in [0.05, 0.1) is 7.11 Å². The third-order valence-corrected chi connectivity index (χ3v) is 3.06. The molecule has 1 atom stereocenters. The molecule has 2 aromatic rings. The van der Waals surface area contributed by atoms with Crippen LogP contribution in [0.1, 0.15) is 22.9 Å². The van der Waals surface area contributed by atoms with Crippen molar-refractivity contribution in [1.29, 1.82) is 0 Å². The molecule has 4 heteroatoms. The van der Waals surface area contributed by atoms with Gasteiger partial charge < -0.3 is 9.84 Å². The second kappa shape index (κ2) is 5.38. The number of nitrogens with zero attached hydrogens (tertiary/aromatic N) is 1. The van der Waals surface area contributed by atoms with Crippen LogP contribution in [-0.2, 0) is 0 Å². The second-order valence-electron chi connectivity index (χ2n) is 4.02. The molecule has 0 amide bonds. The lowest BCUT2D eigenvalue weighted by atomic mass is 10.0. The van der Waals surface area contributed by atoms with E-state index in [2.05, 4.69) is 4.98 Å². The lowest BCUT2D eigenvalue weighted by molar-refractivity contribution is 0.209. The molecule has 1 unspecified atom stereocenters. The van der Waals surface area contributed by atoms with E-state index < -0.39 is 6.10 Å². The van der Waals surface area contributed by atoms with E-state index in [4.69, 9.17) is 16.3 Å². The van der Waals surface area contributed by atoms with Crippen molar-refractivity contribution >= 4 is 11.6 Å². The largest absolute Gasteiger partial charge is 0.495 e. The zero-order valence-corrected chi connectivity index (χ0v) is 11.0. The SMILES string of the molecule is COc1cccnc1C(O)c1ccc(C)cc1Cl. The molecular weight excluding hydrogens is 250 g/mol. The van der Waals surface area contributed by atoms with Crippen molar-refractivity contribution in [2.24, 2.45) is 0 Å². The molecule has 0 aliphatic rings. The molecular formula is C14H14ClNO2. The first-order valence-electron chi connectivity index (χ1n) is 5.56. The highest BCUT2D eigenvalue weighted by molar-refractivity contribution is 6.31. The van der Waals surface area contributed by atoms with Gasteiger partial charge in [-0.2, -0.15) is 0 Å². The molecule has 1 aromatic carbocycles. The highest BCUT2D eigenvalue weighted by atomic mass is 35.5. The molecule has 18 heavy (non-hydrogen) atoms. The molecule has 2 rings (SSSR count). The Labute approximate surface area is 111 Å². The van der Waals surface area contributed by atoms with Gasteiger partial charge in [0.15, 0.2) is 0 Å². The van der Waals surface area contributed by atoms with Gasteiger partial charge in [-0.15, -0.1) is 0 Å². The van der Waals surface area contributed by atoms with Crippen LogP contribution < -0.4 is 4.74 Å². The van der Waals surface area contributed by atoms with Gasteiger partial charge in [0, 0.05) is 16.8 Å². The van der Waals surface area contributed by atoms with Crippen LogP contribution in [0.5, 0.6) is 5.75 Å². The highest BCUT2D eigenvalue weighted by Crippen LogP contribution is 2.32. The number of aromatic nitrogens is 1. The van der Waals surface area contributed by atoms with Gasteiger partial charge in [0.25, 0.3) is 0 Å². The van der Waals surface area contributed by atoms with Gasteiger partial charge >= 0.3 is 0 Å². The van der Waals surface area contributed by atoms with Gasteiger partial charge in [0.2, 0.25) is 0 Å². The number of hydrogen-bond acceptors (Lipinski definition) is 3. The van der Waals surface area contributed by atoms with Crippen molar-refractivity contribution in [1.82, 2.24) is 4.98 Å². The summed E-state index contributed by atoms with van der Waals surface area (Å²) in [5.74, 6) is 0.543. The van der Waals surface area contributed by atoms with Crippen LogP contribution in [0.3, 0.4) is 0 Å². The lowest BCUT2D eigenvalue weighted by Gasteiger charge is -2.15. The number of pyridine rings is 1. The molecule has 0 saturated heterocycles. The van der Waals surface area contributed by atoms with Crippen molar-refractivity contribution in [2.45, 2.75) is 13.0 Å². The van der Waals surface area contributed by atoms with Crippen LogP contribution in [0.15, 0.2) is 36.5 Å². The van der Waals surface area contributed by atoms with Crippen LogP contribution in [0.2, 0.25) is 5.02 Å². The van der Waals surface area contributed by atoms with E-state index in [1.165, 1.54) is 0 Å². The molecule has 0 saturated carbocycles. The molecule has 0 fully saturated rings. The Kier molecular flexibility index (Phi) is 3.84. The predicted octanol–water partition coefficient (Wildman–Crippen LogP) is 3.13. The van der Waals surface area contributed by atoms with Crippen molar-refractivity contribution in [2.75, 3.05) is 7.11 Å². The third kappa shape index (κ3) is 2.47. The van der Waals surface area contributed by atoms with Gasteiger partial charge in [-0.25, -0.2) is 0 Å². The van der Waals surface area contributed by atoms with E-state index in [1.807, 2.05) is 19.1 Å². The first-order chi connectivity index (χ1) is 8.63.